The Hall–Kier alpha value is -2.03. The first-order valence-electron chi connectivity index (χ1n) is 8.98. The van der Waals surface area contributed by atoms with Crippen molar-refractivity contribution in [3.63, 3.8) is 0 Å². The van der Waals surface area contributed by atoms with Gasteiger partial charge < -0.3 is 10.6 Å². The summed E-state index contributed by atoms with van der Waals surface area (Å²) in [5.74, 6) is -1.76. The van der Waals surface area contributed by atoms with Gasteiger partial charge in [0.1, 0.15) is 0 Å². The predicted molar refractivity (Wildman–Crippen MR) is 116 cm³/mol. The number of carbonyl (C=O) groups is 2. The SMILES string of the molecule is Cc1ccc(NC(=O)[C@H](C)CS(=O)(=O)c2ccc3c(c2)NC(=O)[C@H](C)S3)c(Cl)c1. The fourth-order valence-corrected chi connectivity index (χ4v) is 5.65. The number of amides is 2. The van der Waals surface area contributed by atoms with Crippen LogP contribution in [0.2, 0.25) is 5.02 Å². The molecule has 2 aromatic carbocycles. The van der Waals surface area contributed by atoms with Gasteiger partial charge in [0.25, 0.3) is 0 Å². The summed E-state index contributed by atoms with van der Waals surface area (Å²) in [6.45, 7) is 5.22. The van der Waals surface area contributed by atoms with Gasteiger partial charge in [-0.2, -0.15) is 0 Å². The Balaban J connectivity index is 1.74. The van der Waals surface area contributed by atoms with Crippen molar-refractivity contribution < 1.29 is 18.0 Å². The molecule has 6 nitrogen and oxygen atoms in total. The largest absolute Gasteiger partial charge is 0.325 e. The summed E-state index contributed by atoms with van der Waals surface area (Å²) in [5.41, 5.74) is 1.87. The molecule has 9 heteroatoms. The van der Waals surface area contributed by atoms with Gasteiger partial charge in [0, 0.05) is 10.8 Å². The second-order valence-corrected chi connectivity index (χ2v) is 10.9. The van der Waals surface area contributed by atoms with E-state index in [9.17, 15) is 18.0 Å². The van der Waals surface area contributed by atoms with Crippen molar-refractivity contribution in [1.29, 1.82) is 0 Å². The lowest BCUT2D eigenvalue weighted by Gasteiger charge is -2.22. The molecular formula is C20H21ClN2O4S2. The third-order valence-corrected chi connectivity index (χ3v) is 7.94. The number of rotatable bonds is 5. The van der Waals surface area contributed by atoms with Crippen LogP contribution in [0.15, 0.2) is 46.2 Å². The average Bonchev–Trinajstić information content (AvgIpc) is 2.64. The second kappa shape index (κ2) is 8.38. The number of benzene rings is 2. The van der Waals surface area contributed by atoms with Crippen LogP contribution in [0.1, 0.15) is 19.4 Å². The maximum atomic E-state index is 12.8. The van der Waals surface area contributed by atoms with Crippen LogP contribution in [0, 0.1) is 12.8 Å². The van der Waals surface area contributed by atoms with Gasteiger partial charge in [-0.15, -0.1) is 11.8 Å². The fourth-order valence-electron chi connectivity index (χ4n) is 2.86. The smallest absolute Gasteiger partial charge is 0.237 e. The third-order valence-electron chi connectivity index (χ3n) is 4.54. The molecule has 0 radical (unpaired) electrons. The van der Waals surface area contributed by atoms with Gasteiger partial charge in [0.05, 0.1) is 32.3 Å². The van der Waals surface area contributed by atoms with Gasteiger partial charge in [-0.3, -0.25) is 9.59 Å². The quantitative estimate of drug-likeness (QED) is 0.711. The third kappa shape index (κ3) is 4.94. The van der Waals surface area contributed by atoms with Crippen molar-refractivity contribution in [3.8, 4) is 0 Å². The zero-order valence-electron chi connectivity index (χ0n) is 16.2. The van der Waals surface area contributed by atoms with Crippen LogP contribution in [0.3, 0.4) is 0 Å². The highest BCUT2D eigenvalue weighted by molar-refractivity contribution is 8.01. The summed E-state index contributed by atoms with van der Waals surface area (Å²) in [6, 6.07) is 9.85. The first-order valence-corrected chi connectivity index (χ1v) is 11.9. The summed E-state index contributed by atoms with van der Waals surface area (Å²) in [5, 5.41) is 5.56. The highest BCUT2D eigenvalue weighted by Gasteiger charge is 2.27. The molecule has 0 aromatic heterocycles. The lowest BCUT2D eigenvalue weighted by molar-refractivity contribution is -0.119. The van der Waals surface area contributed by atoms with E-state index in [4.69, 9.17) is 11.6 Å². The van der Waals surface area contributed by atoms with Gasteiger partial charge in [0.2, 0.25) is 11.8 Å². The van der Waals surface area contributed by atoms with Crippen LogP contribution >= 0.6 is 23.4 Å². The Labute approximate surface area is 179 Å². The van der Waals surface area contributed by atoms with E-state index in [1.165, 1.54) is 23.9 Å². The van der Waals surface area contributed by atoms with Crippen LogP contribution < -0.4 is 10.6 Å². The lowest BCUT2D eigenvalue weighted by Crippen LogP contribution is -2.28. The standard InChI is InChI=1S/C20H21ClN2O4S2/c1-11-4-6-16(15(21)8-11)22-19(24)12(2)10-29(26,27)14-5-7-18-17(9-14)23-20(25)13(3)28-18/h4-9,12-13H,10H2,1-3H3,(H,22,24)(H,23,25)/t12-,13+/m1/s1. The molecule has 1 heterocycles. The number of hydrogen-bond donors (Lipinski definition) is 2. The van der Waals surface area contributed by atoms with Gasteiger partial charge >= 0.3 is 0 Å². The number of thioether (sulfide) groups is 1. The highest BCUT2D eigenvalue weighted by atomic mass is 35.5. The number of hydrogen-bond acceptors (Lipinski definition) is 5. The first kappa shape index (κ1) is 21.7. The van der Waals surface area contributed by atoms with E-state index in [0.717, 1.165) is 10.5 Å². The molecule has 2 amide bonds. The zero-order valence-corrected chi connectivity index (χ0v) is 18.5. The zero-order chi connectivity index (χ0) is 21.3. The molecule has 0 fully saturated rings. The molecule has 2 N–H and O–H groups in total. The lowest BCUT2D eigenvalue weighted by atomic mass is 10.2. The van der Waals surface area contributed by atoms with Gasteiger partial charge in [0.15, 0.2) is 9.84 Å². The van der Waals surface area contributed by atoms with Crippen LogP contribution in [0.5, 0.6) is 0 Å². The molecule has 1 aliphatic heterocycles. The summed E-state index contributed by atoms with van der Waals surface area (Å²) >= 11 is 7.51. The second-order valence-electron chi connectivity index (χ2n) is 7.06. The van der Waals surface area contributed by atoms with E-state index in [-0.39, 0.29) is 21.8 Å². The molecule has 3 rings (SSSR count). The number of nitrogens with one attached hydrogen (secondary N) is 2. The van der Waals surface area contributed by atoms with Crippen molar-refractivity contribution in [1.82, 2.24) is 0 Å². The van der Waals surface area contributed by atoms with E-state index in [2.05, 4.69) is 10.6 Å². The number of halogens is 1. The van der Waals surface area contributed by atoms with Crippen molar-refractivity contribution >= 4 is 56.4 Å². The normalized spacial score (nSPS) is 17.2. The van der Waals surface area contributed by atoms with Crippen molar-refractivity contribution in [3.05, 3.63) is 47.0 Å². The Morgan fingerprint density at radius 2 is 2.00 bits per heavy atom. The Morgan fingerprint density at radius 1 is 1.28 bits per heavy atom. The predicted octanol–water partition coefficient (Wildman–Crippen LogP) is 4.13. The van der Waals surface area contributed by atoms with Gasteiger partial charge in [-0.05, 0) is 49.7 Å². The maximum absolute atomic E-state index is 12.8. The van der Waals surface area contributed by atoms with E-state index >= 15 is 0 Å². The summed E-state index contributed by atoms with van der Waals surface area (Å²) in [6.07, 6.45) is 0. The number of carbonyl (C=O) groups excluding carboxylic acids is 2. The van der Waals surface area contributed by atoms with E-state index in [1.807, 2.05) is 13.0 Å². The van der Waals surface area contributed by atoms with Crippen LogP contribution in [-0.2, 0) is 19.4 Å². The topological polar surface area (TPSA) is 92.3 Å². The Kier molecular flexibility index (Phi) is 6.26. The molecule has 0 saturated carbocycles. The van der Waals surface area contributed by atoms with Crippen molar-refractivity contribution in [2.45, 2.75) is 35.8 Å². The molecule has 154 valence electrons. The molecule has 0 saturated heterocycles. The first-order chi connectivity index (χ1) is 13.6. The minimum Gasteiger partial charge on any atom is -0.325 e. The van der Waals surface area contributed by atoms with E-state index in [1.54, 1.807) is 32.0 Å². The van der Waals surface area contributed by atoms with E-state index in [0.29, 0.717) is 16.4 Å². The summed E-state index contributed by atoms with van der Waals surface area (Å²) in [7, 11) is -3.73. The van der Waals surface area contributed by atoms with Crippen LogP contribution in [0.25, 0.3) is 0 Å². The van der Waals surface area contributed by atoms with Gasteiger partial charge in [-0.1, -0.05) is 24.6 Å². The minimum atomic E-state index is -3.73. The number of anilines is 2. The van der Waals surface area contributed by atoms with Crippen LogP contribution in [-0.4, -0.2) is 31.2 Å². The summed E-state index contributed by atoms with van der Waals surface area (Å²) < 4.78 is 25.6. The molecule has 0 unspecified atom stereocenters. The maximum Gasteiger partial charge on any atom is 0.237 e. The molecule has 0 spiro atoms. The Bertz CT molecular complexity index is 1090. The number of sulfone groups is 1. The van der Waals surface area contributed by atoms with E-state index < -0.39 is 21.7 Å². The molecular weight excluding hydrogens is 432 g/mol. The fraction of sp³-hybridized carbons (Fsp3) is 0.300. The van der Waals surface area contributed by atoms with Gasteiger partial charge in [-0.25, -0.2) is 8.42 Å². The molecule has 0 bridgehead atoms. The summed E-state index contributed by atoms with van der Waals surface area (Å²) in [4.78, 5) is 25.2. The Morgan fingerprint density at radius 3 is 2.69 bits per heavy atom. The number of aryl methyl sites for hydroxylation is 1. The molecule has 1 aliphatic rings. The van der Waals surface area contributed by atoms with Crippen molar-refractivity contribution in [2.75, 3.05) is 16.4 Å². The molecule has 0 aliphatic carbocycles. The average molecular weight is 453 g/mol. The highest BCUT2D eigenvalue weighted by Crippen LogP contribution is 2.37. The molecule has 29 heavy (non-hydrogen) atoms. The van der Waals surface area contributed by atoms with Crippen LogP contribution in [0.4, 0.5) is 11.4 Å². The number of fused-ring (bicyclic) bond motifs is 1. The van der Waals surface area contributed by atoms with Crippen molar-refractivity contribution in [2.24, 2.45) is 5.92 Å². The monoisotopic (exact) mass is 452 g/mol. The molecule has 2 atom stereocenters. The molecule has 2 aromatic rings. The minimum absolute atomic E-state index is 0.0692.